The van der Waals surface area contributed by atoms with Crippen LogP contribution in [0, 0.1) is 5.92 Å². The molecule has 2 aliphatic heterocycles. The summed E-state index contributed by atoms with van der Waals surface area (Å²) in [4.78, 5) is 53.4. The Labute approximate surface area is 231 Å². The van der Waals surface area contributed by atoms with Gasteiger partial charge in [-0.1, -0.05) is 32.0 Å². The Balaban J connectivity index is 1.29. The maximum absolute atomic E-state index is 13.7. The highest BCUT2D eigenvalue weighted by atomic mass is 32.2. The first-order chi connectivity index (χ1) is 19.1. The third kappa shape index (κ3) is 5.80. The number of nitrogens with one attached hydrogen (secondary N) is 1. The number of nitrogens with zero attached hydrogens (tertiary/aromatic N) is 5. The highest BCUT2D eigenvalue weighted by molar-refractivity contribution is 7.88. The van der Waals surface area contributed by atoms with Crippen molar-refractivity contribution < 1.29 is 27.5 Å². The molecule has 210 valence electrons. The minimum absolute atomic E-state index is 0.0198. The first kappa shape index (κ1) is 27.6. The molecule has 2 amide bonds. The molecule has 0 radical (unpaired) electrons. The lowest BCUT2D eigenvalue weighted by molar-refractivity contribution is -0.138. The maximum atomic E-state index is 13.7. The molecule has 3 unspecified atom stereocenters. The largest absolute Gasteiger partial charge is 0.414 e. The van der Waals surface area contributed by atoms with Gasteiger partial charge in [-0.05, 0) is 42.5 Å². The number of fused-ring (bicyclic) bond motifs is 2. The number of rotatable bonds is 8. The molecule has 5 rings (SSSR count). The van der Waals surface area contributed by atoms with Gasteiger partial charge >= 0.3 is 6.09 Å². The summed E-state index contributed by atoms with van der Waals surface area (Å²) in [6.07, 6.45) is 4.09. The predicted molar refractivity (Wildman–Crippen MR) is 144 cm³/mol. The minimum atomic E-state index is -3.83. The SMILES string of the molecule is CC(C)CC(NC(=O)Oc1cnc2ccccc2n1)C(=O)N1CCC2C1C(=O)CN2S(=O)(=O)Cc1cccnc1. The molecule has 40 heavy (non-hydrogen) atoms. The van der Waals surface area contributed by atoms with Crippen LogP contribution in [0.25, 0.3) is 11.0 Å². The molecule has 1 aromatic carbocycles. The minimum Gasteiger partial charge on any atom is -0.390 e. The van der Waals surface area contributed by atoms with E-state index in [9.17, 15) is 22.8 Å². The lowest BCUT2D eigenvalue weighted by atomic mass is 10.0. The van der Waals surface area contributed by atoms with Gasteiger partial charge in [0, 0.05) is 18.9 Å². The zero-order chi connectivity index (χ0) is 28.4. The van der Waals surface area contributed by atoms with E-state index in [2.05, 4.69) is 20.3 Å². The van der Waals surface area contributed by atoms with Crippen LogP contribution in [-0.2, 0) is 25.4 Å². The van der Waals surface area contributed by atoms with Crippen LogP contribution < -0.4 is 10.1 Å². The van der Waals surface area contributed by atoms with Gasteiger partial charge in [0.25, 0.3) is 0 Å². The van der Waals surface area contributed by atoms with E-state index in [-0.39, 0.29) is 36.4 Å². The van der Waals surface area contributed by atoms with Gasteiger partial charge in [-0.3, -0.25) is 14.6 Å². The molecule has 1 N–H and O–H groups in total. The highest BCUT2D eigenvalue weighted by Gasteiger charge is 2.54. The molecule has 2 fully saturated rings. The summed E-state index contributed by atoms with van der Waals surface area (Å²) in [5, 5.41) is 2.62. The summed E-state index contributed by atoms with van der Waals surface area (Å²) in [6.45, 7) is 3.71. The summed E-state index contributed by atoms with van der Waals surface area (Å²) in [7, 11) is -3.83. The Morgan fingerprint density at radius 1 is 1.12 bits per heavy atom. The number of carbonyl (C=O) groups excluding carboxylic acids is 3. The lowest BCUT2D eigenvalue weighted by Crippen LogP contribution is -2.53. The second-order valence-corrected chi connectivity index (χ2v) is 12.3. The van der Waals surface area contributed by atoms with E-state index in [1.165, 1.54) is 21.6 Å². The molecule has 3 atom stereocenters. The molecule has 0 spiro atoms. The number of Topliss-reactive ketones (excluding diaryl/α,β-unsaturated/α-hetero) is 1. The number of amides is 2. The van der Waals surface area contributed by atoms with E-state index < -0.39 is 40.1 Å². The van der Waals surface area contributed by atoms with Crippen LogP contribution in [0.1, 0.15) is 32.3 Å². The standard InChI is InChI=1S/C27H30N6O6S/c1-17(2)12-21(31-27(36)39-24-14-29-19-7-3-4-8-20(19)30-24)26(35)32-11-9-22-25(32)23(34)15-33(22)40(37,38)16-18-6-5-10-28-13-18/h3-8,10,13-14,17,21-22,25H,9,11-12,15-16H2,1-2H3,(H,31,36). The van der Waals surface area contributed by atoms with Crippen LogP contribution in [0.15, 0.2) is 55.0 Å². The van der Waals surface area contributed by atoms with Gasteiger partial charge < -0.3 is 15.0 Å². The number of carbonyl (C=O) groups is 3. The Bertz CT molecular complexity index is 1530. The Morgan fingerprint density at radius 2 is 1.90 bits per heavy atom. The van der Waals surface area contributed by atoms with Gasteiger partial charge in [-0.2, -0.15) is 4.31 Å². The molecule has 12 nitrogen and oxygen atoms in total. The summed E-state index contributed by atoms with van der Waals surface area (Å²) in [5.41, 5.74) is 1.71. The van der Waals surface area contributed by atoms with Gasteiger partial charge in [0.05, 0.1) is 35.6 Å². The van der Waals surface area contributed by atoms with Crippen molar-refractivity contribution in [2.75, 3.05) is 13.1 Å². The van der Waals surface area contributed by atoms with Crippen molar-refractivity contribution in [3.8, 4) is 5.88 Å². The third-order valence-corrected chi connectivity index (χ3v) is 8.82. The van der Waals surface area contributed by atoms with Crippen molar-refractivity contribution in [1.82, 2.24) is 29.5 Å². The number of pyridine rings is 1. The summed E-state index contributed by atoms with van der Waals surface area (Å²) < 4.78 is 32.9. The normalized spacial score (nSPS) is 20.1. The molecule has 2 aliphatic rings. The number of para-hydroxylation sites is 2. The Morgan fingerprint density at radius 3 is 2.62 bits per heavy atom. The van der Waals surface area contributed by atoms with Gasteiger partial charge in [-0.15, -0.1) is 0 Å². The molecular weight excluding hydrogens is 536 g/mol. The van der Waals surface area contributed by atoms with E-state index in [0.717, 1.165) is 0 Å². The van der Waals surface area contributed by atoms with Crippen molar-refractivity contribution in [2.24, 2.45) is 5.92 Å². The number of likely N-dealkylation sites (tertiary alicyclic amines) is 1. The zero-order valence-electron chi connectivity index (χ0n) is 22.1. The van der Waals surface area contributed by atoms with Crippen LogP contribution in [0.4, 0.5) is 4.79 Å². The first-order valence-electron chi connectivity index (χ1n) is 13.0. The van der Waals surface area contributed by atoms with Crippen molar-refractivity contribution in [3.63, 3.8) is 0 Å². The first-order valence-corrected chi connectivity index (χ1v) is 14.6. The lowest BCUT2D eigenvalue weighted by Gasteiger charge is -2.28. The van der Waals surface area contributed by atoms with Crippen molar-refractivity contribution in [1.29, 1.82) is 0 Å². The highest BCUT2D eigenvalue weighted by Crippen LogP contribution is 2.33. The number of ketones is 1. The van der Waals surface area contributed by atoms with E-state index in [1.807, 2.05) is 19.9 Å². The third-order valence-electron chi connectivity index (χ3n) is 7.01. The average Bonchev–Trinajstić information content (AvgIpc) is 3.49. The Hall–Kier alpha value is -3.97. The maximum Gasteiger partial charge on any atom is 0.414 e. The summed E-state index contributed by atoms with van der Waals surface area (Å²) in [5.74, 6) is -1.07. The molecule has 2 aromatic heterocycles. The quantitative estimate of drug-likeness (QED) is 0.431. The molecule has 4 heterocycles. The van der Waals surface area contributed by atoms with E-state index in [1.54, 1.807) is 36.5 Å². The molecule has 3 aromatic rings. The monoisotopic (exact) mass is 566 g/mol. The van der Waals surface area contributed by atoms with E-state index in [0.29, 0.717) is 29.4 Å². The number of benzene rings is 1. The van der Waals surface area contributed by atoms with Gasteiger partial charge in [-0.25, -0.2) is 23.2 Å². The summed E-state index contributed by atoms with van der Waals surface area (Å²) in [6, 6.07) is 7.90. The fraction of sp³-hybridized carbons (Fsp3) is 0.407. The fourth-order valence-electron chi connectivity index (χ4n) is 5.31. The smallest absolute Gasteiger partial charge is 0.390 e. The average molecular weight is 567 g/mol. The van der Waals surface area contributed by atoms with Crippen LogP contribution in [-0.4, -0.2) is 81.6 Å². The topological polar surface area (TPSA) is 152 Å². The molecular formula is C27H30N6O6S. The number of hydrogen-bond acceptors (Lipinski definition) is 9. The number of aromatic nitrogens is 3. The van der Waals surface area contributed by atoms with Crippen molar-refractivity contribution in [2.45, 2.75) is 50.6 Å². The van der Waals surface area contributed by atoms with Crippen LogP contribution in [0.3, 0.4) is 0 Å². The molecule has 0 bridgehead atoms. The molecule has 13 heteroatoms. The van der Waals surface area contributed by atoms with Crippen LogP contribution >= 0.6 is 0 Å². The number of ether oxygens (including phenoxy) is 1. The van der Waals surface area contributed by atoms with Crippen LogP contribution in [0.5, 0.6) is 5.88 Å². The zero-order valence-corrected chi connectivity index (χ0v) is 23.0. The second-order valence-electron chi connectivity index (χ2n) is 10.4. The summed E-state index contributed by atoms with van der Waals surface area (Å²) >= 11 is 0. The van der Waals surface area contributed by atoms with Crippen LogP contribution in [0.2, 0.25) is 0 Å². The van der Waals surface area contributed by atoms with Gasteiger partial charge in [0.2, 0.25) is 21.8 Å². The number of sulfonamides is 1. The molecule has 2 saturated heterocycles. The van der Waals surface area contributed by atoms with E-state index >= 15 is 0 Å². The Kier molecular flexibility index (Phi) is 7.76. The fourth-order valence-corrected chi connectivity index (χ4v) is 7.02. The van der Waals surface area contributed by atoms with Crippen molar-refractivity contribution in [3.05, 3.63) is 60.6 Å². The second kappa shape index (κ2) is 11.3. The molecule has 0 aliphatic carbocycles. The van der Waals surface area contributed by atoms with Gasteiger partial charge in [0.1, 0.15) is 12.1 Å². The number of hydrogen-bond donors (Lipinski definition) is 1. The van der Waals surface area contributed by atoms with E-state index in [4.69, 9.17) is 4.74 Å². The van der Waals surface area contributed by atoms with Crippen molar-refractivity contribution >= 4 is 38.8 Å². The van der Waals surface area contributed by atoms with Gasteiger partial charge in [0.15, 0.2) is 5.78 Å². The molecule has 0 saturated carbocycles. The predicted octanol–water partition coefficient (Wildman–Crippen LogP) is 1.91.